The van der Waals surface area contributed by atoms with Crippen LogP contribution in [0.3, 0.4) is 0 Å². The van der Waals surface area contributed by atoms with E-state index in [-0.39, 0.29) is 5.78 Å². The summed E-state index contributed by atoms with van der Waals surface area (Å²) >= 11 is 0. The Kier molecular flexibility index (Phi) is 3.89. The van der Waals surface area contributed by atoms with Crippen molar-refractivity contribution in [1.82, 2.24) is 9.78 Å². The van der Waals surface area contributed by atoms with E-state index in [1.807, 2.05) is 6.92 Å². The molecule has 1 aromatic heterocycles. The van der Waals surface area contributed by atoms with E-state index < -0.39 is 0 Å². The second-order valence-corrected chi connectivity index (χ2v) is 4.02. The summed E-state index contributed by atoms with van der Waals surface area (Å²) in [6.45, 7) is 2.71. The van der Waals surface area contributed by atoms with Gasteiger partial charge in [0.05, 0.1) is 23.4 Å². The zero-order valence-electron chi connectivity index (χ0n) is 10.6. The van der Waals surface area contributed by atoms with Gasteiger partial charge in [-0.25, -0.2) is 0 Å². The second-order valence-electron chi connectivity index (χ2n) is 4.02. The van der Waals surface area contributed by atoms with Crippen LogP contribution >= 0.6 is 0 Å². The van der Waals surface area contributed by atoms with Gasteiger partial charge in [0.15, 0.2) is 5.78 Å². The molecule has 2 aromatic rings. The lowest BCUT2D eigenvalue weighted by Crippen LogP contribution is -1.94. The lowest BCUT2D eigenvalue weighted by molar-refractivity contribution is 0.104. The standard InChI is InChI=1S/C15H13N3O/c1-2-18-11-14(10-17-18)15(19)8-7-12-3-5-13(9-16)6-4-12/h3-8,10-11H,2H2,1H3. The molecule has 0 amide bonds. The molecule has 0 aliphatic heterocycles. The number of hydrogen-bond donors (Lipinski definition) is 0. The lowest BCUT2D eigenvalue weighted by atomic mass is 10.1. The third kappa shape index (κ3) is 3.17. The summed E-state index contributed by atoms with van der Waals surface area (Å²) in [6, 6.07) is 9.10. The number of aromatic nitrogens is 2. The molecule has 94 valence electrons. The van der Waals surface area contributed by atoms with Gasteiger partial charge in [-0.15, -0.1) is 0 Å². The van der Waals surface area contributed by atoms with Gasteiger partial charge in [0.2, 0.25) is 0 Å². The maximum Gasteiger partial charge on any atom is 0.189 e. The highest BCUT2D eigenvalue weighted by atomic mass is 16.1. The van der Waals surface area contributed by atoms with E-state index in [2.05, 4.69) is 11.2 Å². The smallest absolute Gasteiger partial charge is 0.189 e. The fourth-order valence-corrected chi connectivity index (χ4v) is 1.60. The predicted molar refractivity (Wildman–Crippen MR) is 72.4 cm³/mol. The monoisotopic (exact) mass is 251 g/mol. The Morgan fingerprint density at radius 1 is 1.42 bits per heavy atom. The predicted octanol–water partition coefficient (Wildman–Crippen LogP) is 2.67. The third-order valence-electron chi connectivity index (χ3n) is 2.71. The third-order valence-corrected chi connectivity index (χ3v) is 2.71. The molecule has 0 aliphatic carbocycles. The summed E-state index contributed by atoms with van der Waals surface area (Å²) in [5.74, 6) is -0.0796. The molecule has 1 aromatic carbocycles. The van der Waals surface area contributed by atoms with Crippen LogP contribution in [0.15, 0.2) is 42.7 Å². The first-order chi connectivity index (χ1) is 9.22. The molecule has 0 saturated heterocycles. The molecule has 0 spiro atoms. The molecule has 0 bridgehead atoms. The van der Waals surface area contributed by atoms with Crippen molar-refractivity contribution < 1.29 is 4.79 Å². The van der Waals surface area contributed by atoms with Crippen molar-refractivity contribution in [1.29, 1.82) is 5.26 Å². The number of benzene rings is 1. The van der Waals surface area contributed by atoms with E-state index in [0.717, 1.165) is 12.1 Å². The highest BCUT2D eigenvalue weighted by Crippen LogP contribution is 2.07. The van der Waals surface area contributed by atoms with E-state index in [0.29, 0.717) is 11.1 Å². The van der Waals surface area contributed by atoms with Gasteiger partial charge in [-0.3, -0.25) is 9.48 Å². The van der Waals surface area contributed by atoms with Crippen LogP contribution in [-0.2, 0) is 6.54 Å². The summed E-state index contributed by atoms with van der Waals surface area (Å²) in [6.07, 6.45) is 6.53. The fraction of sp³-hybridized carbons (Fsp3) is 0.133. The Morgan fingerprint density at radius 3 is 2.74 bits per heavy atom. The van der Waals surface area contributed by atoms with E-state index in [1.54, 1.807) is 47.4 Å². The summed E-state index contributed by atoms with van der Waals surface area (Å²) in [5, 5.41) is 12.7. The molecular formula is C15H13N3O. The minimum absolute atomic E-state index is 0.0796. The average Bonchev–Trinajstić information content (AvgIpc) is 2.94. The molecule has 0 radical (unpaired) electrons. The largest absolute Gasteiger partial charge is 0.289 e. The molecule has 2 rings (SSSR count). The van der Waals surface area contributed by atoms with Crippen LogP contribution in [0, 0.1) is 11.3 Å². The SMILES string of the molecule is CCn1cc(C(=O)C=Cc2ccc(C#N)cc2)cn1. The number of hydrogen-bond acceptors (Lipinski definition) is 3. The summed E-state index contributed by atoms with van der Waals surface area (Å²) in [5.41, 5.74) is 2.06. The highest BCUT2D eigenvalue weighted by Gasteiger charge is 2.04. The first kappa shape index (κ1) is 12.8. The Hall–Kier alpha value is -2.67. The summed E-state index contributed by atoms with van der Waals surface area (Å²) < 4.78 is 1.71. The first-order valence-corrected chi connectivity index (χ1v) is 5.98. The Bertz CT molecular complexity index is 645. The molecule has 1 heterocycles. The molecule has 0 fully saturated rings. The lowest BCUT2D eigenvalue weighted by Gasteiger charge is -1.93. The molecule has 0 saturated carbocycles. The topological polar surface area (TPSA) is 58.7 Å². The van der Waals surface area contributed by atoms with Crippen molar-refractivity contribution in [2.75, 3.05) is 0 Å². The van der Waals surface area contributed by atoms with Gasteiger partial charge in [-0.05, 0) is 30.7 Å². The van der Waals surface area contributed by atoms with Gasteiger partial charge in [0.25, 0.3) is 0 Å². The molecule has 0 aliphatic rings. The van der Waals surface area contributed by atoms with Crippen LogP contribution in [0.2, 0.25) is 0 Å². The van der Waals surface area contributed by atoms with Crippen LogP contribution < -0.4 is 0 Å². The number of ketones is 1. The van der Waals surface area contributed by atoms with Crippen LogP contribution in [0.5, 0.6) is 0 Å². The Labute approximate surface area is 111 Å². The van der Waals surface area contributed by atoms with E-state index in [4.69, 9.17) is 5.26 Å². The van der Waals surface area contributed by atoms with Gasteiger partial charge in [0.1, 0.15) is 0 Å². The van der Waals surface area contributed by atoms with Gasteiger partial charge in [-0.2, -0.15) is 10.4 Å². The number of nitriles is 1. The number of allylic oxidation sites excluding steroid dienone is 1. The first-order valence-electron chi connectivity index (χ1n) is 5.98. The van der Waals surface area contributed by atoms with Crippen LogP contribution in [0.25, 0.3) is 6.08 Å². The second kappa shape index (κ2) is 5.78. The van der Waals surface area contributed by atoms with Crippen LogP contribution in [0.4, 0.5) is 0 Å². The van der Waals surface area contributed by atoms with Crippen molar-refractivity contribution in [3.63, 3.8) is 0 Å². The van der Waals surface area contributed by atoms with E-state index in [9.17, 15) is 4.79 Å². The number of carbonyl (C=O) groups excluding carboxylic acids is 1. The molecule has 19 heavy (non-hydrogen) atoms. The molecule has 0 atom stereocenters. The number of carbonyl (C=O) groups is 1. The van der Waals surface area contributed by atoms with Crippen LogP contribution in [-0.4, -0.2) is 15.6 Å². The Balaban J connectivity index is 2.09. The maximum absolute atomic E-state index is 11.9. The summed E-state index contributed by atoms with van der Waals surface area (Å²) in [7, 11) is 0. The minimum atomic E-state index is -0.0796. The fourth-order valence-electron chi connectivity index (χ4n) is 1.60. The van der Waals surface area contributed by atoms with Crippen LogP contribution in [0.1, 0.15) is 28.4 Å². The van der Waals surface area contributed by atoms with Crippen molar-refractivity contribution in [2.24, 2.45) is 0 Å². The Morgan fingerprint density at radius 2 is 2.16 bits per heavy atom. The summed E-state index contributed by atoms with van der Waals surface area (Å²) in [4.78, 5) is 11.9. The zero-order chi connectivity index (χ0) is 13.7. The quantitative estimate of drug-likeness (QED) is 0.620. The molecule has 4 nitrogen and oxygen atoms in total. The normalized spacial score (nSPS) is 10.5. The molecule has 0 N–H and O–H groups in total. The number of aryl methyl sites for hydroxylation is 1. The molecular weight excluding hydrogens is 238 g/mol. The van der Waals surface area contributed by atoms with Gasteiger partial charge in [-0.1, -0.05) is 18.2 Å². The number of rotatable bonds is 4. The number of nitrogens with zero attached hydrogens (tertiary/aromatic N) is 3. The molecule has 0 unspecified atom stereocenters. The molecule has 4 heteroatoms. The minimum Gasteiger partial charge on any atom is -0.289 e. The van der Waals surface area contributed by atoms with Crippen molar-refractivity contribution in [3.05, 3.63) is 59.4 Å². The van der Waals surface area contributed by atoms with Gasteiger partial charge >= 0.3 is 0 Å². The van der Waals surface area contributed by atoms with Crippen molar-refractivity contribution in [3.8, 4) is 6.07 Å². The van der Waals surface area contributed by atoms with Gasteiger partial charge in [0, 0.05) is 12.7 Å². The highest BCUT2D eigenvalue weighted by molar-refractivity contribution is 6.06. The van der Waals surface area contributed by atoms with E-state index >= 15 is 0 Å². The average molecular weight is 251 g/mol. The maximum atomic E-state index is 11.9. The van der Waals surface area contributed by atoms with E-state index in [1.165, 1.54) is 6.08 Å². The van der Waals surface area contributed by atoms with Crippen molar-refractivity contribution >= 4 is 11.9 Å². The van der Waals surface area contributed by atoms with Crippen molar-refractivity contribution in [2.45, 2.75) is 13.5 Å². The zero-order valence-corrected chi connectivity index (χ0v) is 10.6. The van der Waals surface area contributed by atoms with Gasteiger partial charge < -0.3 is 0 Å².